The van der Waals surface area contributed by atoms with Crippen LogP contribution >= 0.6 is 15.6 Å². The number of hydrogen-bond donors (Lipinski definition) is 3. The maximum atomic E-state index is 13.1. The maximum absolute atomic E-state index is 13.1. The molecule has 0 radical (unpaired) electrons. The highest BCUT2D eigenvalue weighted by Crippen LogP contribution is 2.45. The van der Waals surface area contributed by atoms with Crippen molar-refractivity contribution in [2.45, 2.75) is 446 Å². The van der Waals surface area contributed by atoms with Gasteiger partial charge in [-0.05, 0) is 43.4 Å². The van der Waals surface area contributed by atoms with Gasteiger partial charge in [0.2, 0.25) is 0 Å². The molecule has 101 heavy (non-hydrogen) atoms. The fourth-order valence-corrected chi connectivity index (χ4v) is 14.2. The van der Waals surface area contributed by atoms with E-state index in [1.165, 1.54) is 231 Å². The van der Waals surface area contributed by atoms with E-state index in [1.807, 2.05) is 0 Å². The predicted molar refractivity (Wildman–Crippen MR) is 414 cm³/mol. The molecule has 0 aliphatic heterocycles. The van der Waals surface area contributed by atoms with E-state index in [1.54, 1.807) is 0 Å². The number of carbonyl (C=O) groups excluding carboxylic acids is 4. The fraction of sp³-hybridized carbons (Fsp3) is 0.951. The van der Waals surface area contributed by atoms with Crippen molar-refractivity contribution in [2.75, 3.05) is 39.6 Å². The van der Waals surface area contributed by atoms with Crippen LogP contribution in [0.5, 0.6) is 0 Å². The van der Waals surface area contributed by atoms with Crippen molar-refractivity contribution in [2.24, 2.45) is 17.8 Å². The van der Waals surface area contributed by atoms with Gasteiger partial charge in [-0.2, -0.15) is 0 Å². The second-order valence-corrected chi connectivity index (χ2v) is 33.6. The topological polar surface area (TPSA) is 237 Å². The molecule has 0 fully saturated rings. The summed E-state index contributed by atoms with van der Waals surface area (Å²) in [6, 6.07) is 0. The zero-order valence-electron chi connectivity index (χ0n) is 66.4. The van der Waals surface area contributed by atoms with Gasteiger partial charge in [-0.25, -0.2) is 9.13 Å². The van der Waals surface area contributed by atoms with Crippen LogP contribution in [0.25, 0.3) is 0 Å². The fourth-order valence-electron chi connectivity index (χ4n) is 12.6. The first kappa shape index (κ1) is 99.1. The standard InChI is InChI=1S/C82H160O17P2/c1-8-10-11-12-13-14-15-16-17-18-19-20-21-26-31-36-43-51-58-65-81(86)98-77(69-92-79(84)63-56-49-42-35-30-25-23-22-24-29-34-41-48-55-62-75(7)9-2)71-96-100(88,89)94-67-76(83)68-95-101(90,91)97-72-78(70-93-80(85)64-57-50-45-38-40-47-54-61-74(5)6)99-82(87)66-59-52-44-37-32-27-28-33-39-46-53-60-73(3)4/h73-78,83H,8-72H2,1-7H3,(H,88,89)(H,90,91)/t75?,76-,77-,78-/m1/s1. The summed E-state index contributed by atoms with van der Waals surface area (Å²) in [7, 11) is -9.92. The van der Waals surface area contributed by atoms with Crippen molar-refractivity contribution in [3.05, 3.63) is 0 Å². The number of unbranched alkanes of at least 4 members (excludes halogenated alkanes) is 47. The van der Waals surface area contributed by atoms with Crippen LogP contribution in [0, 0.1) is 17.8 Å². The molecule has 0 saturated carbocycles. The van der Waals surface area contributed by atoms with E-state index >= 15 is 0 Å². The normalized spacial score (nSPS) is 14.2. The van der Waals surface area contributed by atoms with Crippen LogP contribution in [-0.4, -0.2) is 96.7 Å². The van der Waals surface area contributed by atoms with Crippen molar-refractivity contribution in [3.8, 4) is 0 Å². The number of rotatable bonds is 80. The summed E-state index contributed by atoms with van der Waals surface area (Å²) < 4.78 is 68.7. The molecular weight excluding hydrogens is 1320 g/mol. The molecule has 0 spiro atoms. The SMILES string of the molecule is CCCCCCCCCCCCCCCCCCCCCC(=O)O[C@H](COC(=O)CCCCCCCCCCCCCCCCC(C)CC)COP(=O)(O)OC[C@@H](O)COP(=O)(O)OC[C@@H](COC(=O)CCCCCCCCCC(C)C)OC(=O)CCCCCCCCCCCCCC(C)C. The van der Waals surface area contributed by atoms with E-state index in [-0.39, 0.29) is 25.7 Å². The van der Waals surface area contributed by atoms with E-state index < -0.39 is 97.5 Å². The average Bonchev–Trinajstić information content (AvgIpc) is 0.921. The minimum Gasteiger partial charge on any atom is -0.462 e. The van der Waals surface area contributed by atoms with Gasteiger partial charge in [-0.15, -0.1) is 0 Å². The number of phosphoric acid groups is 2. The number of hydrogen-bond acceptors (Lipinski definition) is 15. The molecule has 0 aromatic rings. The highest BCUT2D eigenvalue weighted by molar-refractivity contribution is 7.47. The van der Waals surface area contributed by atoms with Gasteiger partial charge in [0, 0.05) is 25.7 Å². The molecule has 3 N–H and O–H groups in total. The van der Waals surface area contributed by atoms with E-state index in [0.29, 0.717) is 31.6 Å². The van der Waals surface area contributed by atoms with Gasteiger partial charge in [0.05, 0.1) is 26.4 Å². The van der Waals surface area contributed by atoms with Crippen LogP contribution in [0.15, 0.2) is 0 Å². The smallest absolute Gasteiger partial charge is 0.462 e. The Morgan fingerprint density at radius 1 is 0.287 bits per heavy atom. The first-order valence-electron chi connectivity index (χ1n) is 42.4. The molecule has 3 unspecified atom stereocenters. The molecule has 600 valence electrons. The average molecular weight is 1480 g/mol. The zero-order chi connectivity index (χ0) is 74.4. The van der Waals surface area contributed by atoms with Gasteiger partial charge < -0.3 is 33.8 Å². The van der Waals surface area contributed by atoms with Gasteiger partial charge in [0.1, 0.15) is 19.3 Å². The molecule has 0 heterocycles. The number of esters is 4. The van der Waals surface area contributed by atoms with Crippen LogP contribution in [0.1, 0.15) is 427 Å². The maximum Gasteiger partial charge on any atom is 0.472 e. The third kappa shape index (κ3) is 74.7. The Bertz CT molecular complexity index is 1960. The monoisotopic (exact) mass is 1480 g/mol. The zero-order valence-corrected chi connectivity index (χ0v) is 68.2. The summed E-state index contributed by atoms with van der Waals surface area (Å²) in [5, 5.41) is 10.6. The second-order valence-electron chi connectivity index (χ2n) is 30.7. The third-order valence-corrected chi connectivity index (χ3v) is 21.4. The summed E-state index contributed by atoms with van der Waals surface area (Å²) in [6.07, 6.45) is 61.1. The number of aliphatic hydroxyl groups is 1. The van der Waals surface area contributed by atoms with Gasteiger partial charge in [-0.1, -0.05) is 376 Å². The minimum absolute atomic E-state index is 0.106. The van der Waals surface area contributed by atoms with Gasteiger partial charge >= 0.3 is 39.5 Å². The summed E-state index contributed by atoms with van der Waals surface area (Å²) in [6.45, 7) is 11.9. The molecule has 19 heteroatoms. The Balaban J connectivity index is 5.24. The number of carbonyl (C=O) groups is 4. The Morgan fingerprint density at radius 3 is 0.752 bits per heavy atom. The molecule has 0 saturated heterocycles. The molecule has 6 atom stereocenters. The van der Waals surface area contributed by atoms with E-state index in [9.17, 15) is 43.2 Å². The van der Waals surface area contributed by atoms with Crippen molar-refractivity contribution >= 4 is 39.5 Å². The highest BCUT2D eigenvalue weighted by Gasteiger charge is 2.30. The quantitative estimate of drug-likeness (QED) is 0.0222. The molecule has 0 aromatic carbocycles. The summed E-state index contributed by atoms with van der Waals surface area (Å²) in [5.41, 5.74) is 0. The molecule has 0 amide bonds. The van der Waals surface area contributed by atoms with Crippen molar-refractivity contribution in [3.63, 3.8) is 0 Å². The Morgan fingerprint density at radius 2 is 0.505 bits per heavy atom. The Labute approximate surface area is 619 Å². The molecule has 0 bridgehead atoms. The van der Waals surface area contributed by atoms with Crippen LogP contribution in [0.4, 0.5) is 0 Å². The molecule has 0 aromatic heterocycles. The first-order chi connectivity index (χ1) is 48.8. The lowest BCUT2D eigenvalue weighted by Gasteiger charge is -2.21. The van der Waals surface area contributed by atoms with E-state index in [0.717, 1.165) is 108 Å². The van der Waals surface area contributed by atoms with E-state index in [4.69, 9.17) is 37.0 Å². The molecule has 0 rings (SSSR count). The van der Waals surface area contributed by atoms with Crippen LogP contribution in [0.3, 0.4) is 0 Å². The largest absolute Gasteiger partial charge is 0.472 e. The number of phosphoric ester groups is 2. The Hall–Kier alpha value is -1.94. The van der Waals surface area contributed by atoms with Crippen molar-refractivity contribution < 1.29 is 80.2 Å². The predicted octanol–water partition coefficient (Wildman–Crippen LogP) is 24.5. The third-order valence-electron chi connectivity index (χ3n) is 19.5. The van der Waals surface area contributed by atoms with Gasteiger partial charge in [0.15, 0.2) is 12.2 Å². The molecule has 0 aliphatic carbocycles. The molecular formula is C82H160O17P2. The van der Waals surface area contributed by atoms with Gasteiger partial charge in [-0.3, -0.25) is 37.3 Å². The lowest BCUT2D eigenvalue weighted by atomic mass is 9.99. The lowest BCUT2D eigenvalue weighted by molar-refractivity contribution is -0.161. The van der Waals surface area contributed by atoms with Crippen molar-refractivity contribution in [1.29, 1.82) is 0 Å². The van der Waals surface area contributed by atoms with Crippen LogP contribution < -0.4 is 0 Å². The van der Waals surface area contributed by atoms with E-state index in [2.05, 4.69) is 48.5 Å². The summed E-state index contributed by atoms with van der Waals surface area (Å²) in [5.74, 6) is 0.210. The summed E-state index contributed by atoms with van der Waals surface area (Å²) in [4.78, 5) is 73.1. The summed E-state index contributed by atoms with van der Waals surface area (Å²) >= 11 is 0. The number of ether oxygens (including phenoxy) is 4. The Kier molecular flexibility index (Phi) is 70.9. The highest BCUT2D eigenvalue weighted by atomic mass is 31.2. The lowest BCUT2D eigenvalue weighted by Crippen LogP contribution is -2.30. The molecule has 0 aliphatic rings. The first-order valence-corrected chi connectivity index (χ1v) is 45.4. The van der Waals surface area contributed by atoms with Crippen LogP contribution in [0.2, 0.25) is 0 Å². The minimum atomic E-state index is -4.96. The van der Waals surface area contributed by atoms with Gasteiger partial charge in [0.25, 0.3) is 0 Å². The molecule has 17 nitrogen and oxygen atoms in total. The second kappa shape index (κ2) is 72.3. The number of aliphatic hydroxyl groups excluding tert-OH is 1. The van der Waals surface area contributed by atoms with Crippen molar-refractivity contribution in [1.82, 2.24) is 0 Å². The van der Waals surface area contributed by atoms with Crippen LogP contribution in [-0.2, 0) is 65.4 Å².